The van der Waals surface area contributed by atoms with Crippen molar-refractivity contribution in [3.63, 3.8) is 0 Å². The Morgan fingerprint density at radius 3 is 2.79 bits per heavy atom. The van der Waals surface area contributed by atoms with E-state index in [0.29, 0.717) is 6.42 Å². The van der Waals surface area contributed by atoms with Gasteiger partial charge in [0.1, 0.15) is 16.8 Å². The van der Waals surface area contributed by atoms with Crippen LogP contribution in [0.1, 0.15) is 18.4 Å². The molecule has 1 aromatic rings. The lowest BCUT2D eigenvalue weighted by Crippen LogP contribution is -2.40. The fourth-order valence-corrected chi connectivity index (χ4v) is 4.01. The number of aryl methyl sites for hydroxylation is 1. The molecule has 0 amide bonds. The van der Waals surface area contributed by atoms with Gasteiger partial charge < -0.3 is 5.11 Å². The Labute approximate surface area is 110 Å². The quantitative estimate of drug-likeness (QED) is 0.911. The van der Waals surface area contributed by atoms with Crippen LogP contribution in [0.4, 0.5) is 4.39 Å². The topological polar surface area (TPSA) is 74.7 Å². The number of sulfonamides is 1. The number of hydrogen-bond donors (Lipinski definition) is 1. The molecule has 2 rings (SSSR count). The van der Waals surface area contributed by atoms with E-state index in [2.05, 4.69) is 0 Å². The smallest absolute Gasteiger partial charge is 0.322 e. The molecule has 0 spiro atoms. The van der Waals surface area contributed by atoms with E-state index in [1.165, 1.54) is 19.1 Å². The largest absolute Gasteiger partial charge is 0.480 e. The van der Waals surface area contributed by atoms with Crippen molar-refractivity contribution in [3.05, 3.63) is 29.6 Å². The lowest BCUT2D eigenvalue weighted by molar-refractivity contribution is -0.140. The van der Waals surface area contributed by atoms with Crippen LogP contribution in [0.3, 0.4) is 0 Å². The van der Waals surface area contributed by atoms with Crippen LogP contribution < -0.4 is 0 Å². The molecular weight excluding hydrogens is 273 g/mol. The van der Waals surface area contributed by atoms with Crippen LogP contribution in [0, 0.1) is 12.7 Å². The molecule has 1 aliphatic rings. The molecule has 1 aliphatic heterocycles. The van der Waals surface area contributed by atoms with E-state index in [9.17, 15) is 17.6 Å². The summed E-state index contributed by atoms with van der Waals surface area (Å²) in [6, 6.07) is 2.96. The second-order valence-corrected chi connectivity index (χ2v) is 6.36. The van der Waals surface area contributed by atoms with Gasteiger partial charge in [0.05, 0.1) is 0 Å². The third-order valence-corrected chi connectivity index (χ3v) is 5.16. The molecule has 1 N–H and O–H groups in total. The molecule has 1 aromatic carbocycles. The van der Waals surface area contributed by atoms with Gasteiger partial charge >= 0.3 is 5.97 Å². The first-order chi connectivity index (χ1) is 8.85. The van der Waals surface area contributed by atoms with Crippen molar-refractivity contribution in [2.75, 3.05) is 6.54 Å². The van der Waals surface area contributed by atoms with Crippen LogP contribution in [0.2, 0.25) is 0 Å². The van der Waals surface area contributed by atoms with Crippen molar-refractivity contribution in [3.8, 4) is 0 Å². The average molecular weight is 287 g/mol. The second-order valence-electron chi connectivity index (χ2n) is 4.50. The standard InChI is InChI=1S/C12H14FNO4S/c1-8-4-2-6-10(11(8)13)19(17,18)14-7-3-5-9(14)12(15)16/h2,4,6,9H,3,5,7H2,1H3,(H,15,16)/t9-/m0/s1. The zero-order valence-corrected chi connectivity index (χ0v) is 11.2. The maximum absolute atomic E-state index is 13.9. The highest BCUT2D eigenvalue weighted by Gasteiger charge is 2.40. The van der Waals surface area contributed by atoms with Crippen molar-refractivity contribution in [1.82, 2.24) is 4.31 Å². The number of carboxylic acids is 1. The van der Waals surface area contributed by atoms with E-state index in [-0.39, 0.29) is 18.5 Å². The van der Waals surface area contributed by atoms with Crippen LogP contribution in [0.25, 0.3) is 0 Å². The van der Waals surface area contributed by atoms with Gasteiger partial charge in [0.15, 0.2) is 0 Å². The summed E-state index contributed by atoms with van der Waals surface area (Å²) in [5.41, 5.74) is 0.215. The second kappa shape index (κ2) is 4.90. The Balaban J connectivity index is 2.48. The predicted molar refractivity (Wildman–Crippen MR) is 65.7 cm³/mol. The summed E-state index contributed by atoms with van der Waals surface area (Å²) in [5, 5.41) is 9.02. The minimum Gasteiger partial charge on any atom is -0.480 e. The van der Waals surface area contributed by atoms with Gasteiger partial charge in [-0.3, -0.25) is 4.79 Å². The number of nitrogens with zero attached hydrogens (tertiary/aromatic N) is 1. The van der Waals surface area contributed by atoms with E-state index in [1.54, 1.807) is 0 Å². The highest BCUT2D eigenvalue weighted by molar-refractivity contribution is 7.89. The first-order valence-electron chi connectivity index (χ1n) is 5.85. The summed E-state index contributed by atoms with van der Waals surface area (Å²) in [5.74, 6) is -2.02. The van der Waals surface area contributed by atoms with Crippen LogP contribution in [0.15, 0.2) is 23.1 Å². The molecule has 104 valence electrons. The highest BCUT2D eigenvalue weighted by Crippen LogP contribution is 2.28. The molecule has 7 heteroatoms. The van der Waals surface area contributed by atoms with Crippen LogP contribution in [-0.2, 0) is 14.8 Å². The number of carbonyl (C=O) groups is 1. The zero-order valence-electron chi connectivity index (χ0n) is 10.3. The van der Waals surface area contributed by atoms with Crippen molar-refractivity contribution >= 4 is 16.0 Å². The summed E-state index contributed by atoms with van der Waals surface area (Å²) >= 11 is 0. The van der Waals surface area contributed by atoms with Gasteiger partial charge in [-0.05, 0) is 31.4 Å². The number of hydrogen-bond acceptors (Lipinski definition) is 3. The zero-order chi connectivity index (χ0) is 14.2. The fourth-order valence-electron chi connectivity index (χ4n) is 2.22. The van der Waals surface area contributed by atoms with Gasteiger partial charge in [-0.1, -0.05) is 12.1 Å². The number of carboxylic acid groups (broad SMARTS) is 1. The van der Waals surface area contributed by atoms with E-state index < -0.39 is 32.7 Å². The maximum Gasteiger partial charge on any atom is 0.322 e. The number of benzene rings is 1. The fraction of sp³-hybridized carbons (Fsp3) is 0.417. The Hall–Kier alpha value is -1.47. The average Bonchev–Trinajstić information content (AvgIpc) is 2.82. The Morgan fingerprint density at radius 2 is 2.16 bits per heavy atom. The van der Waals surface area contributed by atoms with Gasteiger partial charge in [-0.15, -0.1) is 0 Å². The summed E-state index contributed by atoms with van der Waals surface area (Å²) in [7, 11) is -4.11. The summed E-state index contributed by atoms with van der Waals surface area (Å²) < 4.78 is 39.5. The van der Waals surface area contributed by atoms with Crippen molar-refractivity contribution < 1.29 is 22.7 Å². The molecular formula is C12H14FNO4S. The first-order valence-corrected chi connectivity index (χ1v) is 7.29. The third kappa shape index (κ3) is 2.35. The molecule has 0 aromatic heterocycles. The van der Waals surface area contributed by atoms with E-state index in [4.69, 9.17) is 5.11 Å². The lowest BCUT2D eigenvalue weighted by atomic mass is 10.2. The van der Waals surface area contributed by atoms with Crippen LogP contribution in [0.5, 0.6) is 0 Å². The summed E-state index contributed by atoms with van der Waals surface area (Å²) in [6.07, 6.45) is 0.714. The SMILES string of the molecule is Cc1cccc(S(=O)(=O)N2CCC[C@H]2C(=O)O)c1F. The molecule has 0 unspecified atom stereocenters. The molecule has 0 saturated carbocycles. The normalized spacial score (nSPS) is 20.6. The Bertz CT molecular complexity index is 614. The molecule has 1 atom stereocenters. The molecule has 1 heterocycles. The minimum absolute atomic E-state index is 0.104. The number of rotatable bonds is 3. The highest BCUT2D eigenvalue weighted by atomic mass is 32.2. The molecule has 0 aliphatic carbocycles. The van der Waals surface area contributed by atoms with E-state index >= 15 is 0 Å². The van der Waals surface area contributed by atoms with Gasteiger partial charge in [0, 0.05) is 6.54 Å². The molecule has 19 heavy (non-hydrogen) atoms. The maximum atomic E-state index is 13.9. The molecule has 0 radical (unpaired) electrons. The van der Waals surface area contributed by atoms with Crippen molar-refractivity contribution in [2.45, 2.75) is 30.7 Å². The van der Waals surface area contributed by atoms with E-state index in [1.807, 2.05) is 0 Å². The summed E-state index contributed by atoms with van der Waals surface area (Å²) in [4.78, 5) is 10.6. The Kier molecular flexibility index (Phi) is 3.60. The first kappa shape index (κ1) is 14.0. The predicted octanol–water partition coefficient (Wildman–Crippen LogP) is 1.37. The Morgan fingerprint density at radius 1 is 1.47 bits per heavy atom. The lowest BCUT2D eigenvalue weighted by Gasteiger charge is -2.21. The van der Waals surface area contributed by atoms with Gasteiger partial charge in [-0.2, -0.15) is 4.31 Å². The molecule has 1 fully saturated rings. The van der Waals surface area contributed by atoms with Gasteiger partial charge in [-0.25, -0.2) is 12.8 Å². The molecule has 0 bridgehead atoms. The molecule has 1 saturated heterocycles. The van der Waals surface area contributed by atoms with Gasteiger partial charge in [0.2, 0.25) is 10.0 Å². The number of aliphatic carboxylic acids is 1. The van der Waals surface area contributed by atoms with Crippen molar-refractivity contribution in [2.24, 2.45) is 0 Å². The third-order valence-electron chi connectivity index (χ3n) is 3.23. The summed E-state index contributed by atoms with van der Waals surface area (Å²) in [6.45, 7) is 1.57. The van der Waals surface area contributed by atoms with Crippen LogP contribution in [-0.4, -0.2) is 36.4 Å². The van der Waals surface area contributed by atoms with Crippen LogP contribution >= 0.6 is 0 Å². The van der Waals surface area contributed by atoms with E-state index in [0.717, 1.165) is 10.4 Å². The monoisotopic (exact) mass is 287 g/mol. The van der Waals surface area contributed by atoms with Crippen molar-refractivity contribution in [1.29, 1.82) is 0 Å². The van der Waals surface area contributed by atoms with Gasteiger partial charge in [0.25, 0.3) is 0 Å². The number of halogens is 1. The minimum atomic E-state index is -4.11. The molecule has 5 nitrogen and oxygen atoms in total.